The van der Waals surface area contributed by atoms with Crippen molar-refractivity contribution in [2.75, 3.05) is 18.2 Å². The summed E-state index contributed by atoms with van der Waals surface area (Å²) in [7, 11) is 1.37. The fourth-order valence-electron chi connectivity index (χ4n) is 3.57. The van der Waals surface area contributed by atoms with Crippen LogP contribution < -0.4 is 5.32 Å². The molecule has 3 rings (SSSR count). The van der Waals surface area contributed by atoms with E-state index in [4.69, 9.17) is 4.74 Å². The Morgan fingerprint density at radius 3 is 2.87 bits per heavy atom. The van der Waals surface area contributed by atoms with E-state index in [0.29, 0.717) is 26.9 Å². The zero-order valence-electron chi connectivity index (χ0n) is 18.0. The van der Waals surface area contributed by atoms with Gasteiger partial charge in [-0.15, -0.1) is 23.1 Å². The van der Waals surface area contributed by atoms with Crippen molar-refractivity contribution in [1.82, 2.24) is 4.98 Å². The van der Waals surface area contributed by atoms with Gasteiger partial charge in [0.1, 0.15) is 16.1 Å². The van der Waals surface area contributed by atoms with E-state index in [2.05, 4.69) is 23.3 Å². The summed E-state index contributed by atoms with van der Waals surface area (Å²) in [6.07, 6.45) is 7.22. The maximum Gasteiger partial charge on any atom is 0.341 e. The summed E-state index contributed by atoms with van der Waals surface area (Å²) >= 11 is 2.90. The highest BCUT2D eigenvalue weighted by Crippen LogP contribution is 2.38. The van der Waals surface area contributed by atoms with Crippen LogP contribution in [0.4, 0.5) is 5.00 Å². The lowest BCUT2D eigenvalue weighted by atomic mass is 9.95. The third-order valence-electron chi connectivity index (χ3n) is 5.21. The number of carbonyl (C=O) groups is 2. The van der Waals surface area contributed by atoms with E-state index in [0.717, 1.165) is 56.2 Å². The van der Waals surface area contributed by atoms with E-state index in [1.54, 1.807) is 6.07 Å². The molecule has 6 nitrogen and oxygen atoms in total. The van der Waals surface area contributed by atoms with Crippen molar-refractivity contribution >= 4 is 40.0 Å². The van der Waals surface area contributed by atoms with Crippen molar-refractivity contribution in [2.45, 2.75) is 63.3 Å². The van der Waals surface area contributed by atoms with Crippen molar-refractivity contribution in [2.24, 2.45) is 0 Å². The van der Waals surface area contributed by atoms with E-state index in [1.807, 2.05) is 6.07 Å². The number of unbranched alkanes of at least 4 members (excludes halogenated alkanes) is 1. The highest BCUT2D eigenvalue weighted by Gasteiger charge is 2.26. The SMILES string of the molecule is CCCCc1ccc(C#N)c(SCCC(=O)Nc2sc3c(c2C(=O)OC)CCCC3)n1. The number of thiophene rings is 1. The third-order valence-corrected chi connectivity index (χ3v) is 7.41. The summed E-state index contributed by atoms with van der Waals surface area (Å²) in [5.41, 5.74) is 3.05. The highest BCUT2D eigenvalue weighted by atomic mass is 32.2. The van der Waals surface area contributed by atoms with E-state index in [1.165, 1.54) is 35.1 Å². The number of carbonyl (C=O) groups excluding carboxylic acids is 2. The number of aromatic nitrogens is 1. The highest BCUT2D eigenvalue weighted by molar-refractivity contribution is 7.99. The zero-order chi connectivity index (χ0) is 22.2. The second-order valence-corrected chi connectivity index (χ2v) is 9.61. The first-order valence-electron chi connectivity index (χ1n) is 10.6. The number of anilines is 1. The normalized spacial score (nSPS) is 12.7. The molecule has 0 fully saturated rings. The lowest BCUT2D eigenvalue weighted by molar-refractivity contribution is -0.115. The topological polar surface area (TPSA) is 92.1 Å². The molecular weight excluding hydrogens is 430 g/mol. The molecule has 0 unspecified atom stereocenters. The minimum absolute atomic E-state index is 0.156. The van der Waals surface area contributed by atoms with Gasteiger partial charge in [-0.25, -0.2) is 9.78 Å². The van der Waals surface area contributed by atoms with Gasteiger partial charge in [0.2, 0.25) is 5.91 Å². The average Bonchev–Trinajstić information content (AvgIpc) is 3.14. The maximum atomic E-state index is 12.6. The molecule has 0 saturated carbocycles. The molecule has 2 heterocycles. The molecule has 0 bridgehead atoms. The number of hydrogen-bond donors (Lipinski definition) is 1. The Morgan fingerprint density at radius 1 is 1.32 bits per heavy atom. The Hall–Kier alpha value is -2.37. The Balaban J connectivity index is 1.63. The Labute approximate surface area is 191 Å². The maximum absolute atomic E-state index is 12.6. The summed E-state index contributed by atoms with van der Waals surface area (Å²) in [5.74, 6) is -0.0450. The Morgan fingerprint density at radius 2 is 2.13 bits per heavy atom. The molecule has 164 valence electrons. The predicted octanol–water partition coefficient (Wildman–Crippen LogP) is 5.14. The minimum Gasteiger partial charge on any atom is -0.465 e. The summed E-state index contributed by atoms with van der Waals surface area (Å²) < 4.78 is 4.96. The standard InChI is InChI=1S/C23H27N3O3S2/c1-3-4-7-16-11-10-15(14-24)21(25-16)30-13-12-19(27)26-22-20(23(28)29-2)17-8-5-6-9-18(17)31-22/h10-11H,3-9,12-13H2,1-2H3,(H,26,27). The summed E-state index contributed by atoms with van der Waals surface area (Å²) in [6.45, 7) is 2.13. The number of methoxy groups -OCH3 is 1. The smallest absolute Gasteiger partial charge is 0.341 e. The fourth-order valence-corrected chi connectivity index (χ4v) is 5.80. The van der Waals surface area contributed by atoms with E-state index < -0.39 is 5.97 Å². The molecule has 0 radical (unpaired) electrons. The molecule has 2 aromatic rings. The monoisotopic (exact) mass is 457 g/mol. The molecule has 0 aromatic carbocycles. The molecule has 1 aliphatic rings. The van der Waals surface area contributed by atoms with Gasteiger partial charge in [0, 0.05) is 22.7 Å². The van der Waals surface area contributed by atoms with E-state index >= 15 is 0 Å². The Bertz CT molecular complexity index is 995. The van der Waals surface area contributed by atoms with Gasteiger partial charge in [0.25, 0.3) is 0 Å². The second kappa shape index (κ2) is 11.3. The van der Waals surface area contributed by atoms with Crippen molar-refractivity contribution < 1.29 is 14.3 Å². The van der Waals surface area contributed by atoms with Crippen LogP contribution in [0, 0.1) is 11.3 Å². The first-order valence-corrected chi connectivity index (χ1v) is 12.4. The third kappa shape index (κ3) is 5.86. The number of esters is 1. The summed E-state index contributed by atoms with van der Waals surface area (Å²) in [4.78, 5) is 30.7. The molecule has 0 atom stereocenters. The molecule has 0 aliphatic heterocycles. The average molecular weight is 458 g/mol. The van der Waals surface area contributed by atoms with Crippen LogP contribution in [0.25, 0.3) is 0 Å². The van der Waals surface area contributed by atoms with Crippen LogP contribution in [0.3, 0.4) is 0 Å². The first kappa shape index (κ1) is 23.3. The molecule has 31 heavy (non-hydrogen) atoms. The van der Waals surface area contributed by atoms with Gasteiger partial charge in [-0.2, -0.15) is 5.26 Å². The van der Waals surface area contributed by atoms with Crippen LogP contribution in [-0.2, 0) is 28.8 Å². The summed E-state index contributed by atoms with van der Waals surface area (Å²) in [5, 5.41) is 13.5. The quantitative estimate of drug-likeness (QED) is 0.414. The van der Waals surface area contributed by atoms with Crippen molar-refractivity contribution in [3.63, 3.8) is 0 Å². The van der Waals surface area contributed by atoms with Crippen LogP contribution >= 0.6 is 23.1 Å². The van der Waals surface area contributed by atoms with Crippen LogP contribution in [0.2, 0.25) is 0 Å². The Kier molecular flexibility index (Phi) is 8.50. The number of amides is 1. The number of hydrogen-bond acceptors (Lipinski definition) is 7. The van der Waals surface area contributed by atoms with Crippen molar-refractivity contribution in [1.29, 1.82) is 5.26 Å². The number of aryl methyl sites for hydroxylation is 2. The molecule has 1 aliphatic carbocycles. The first-order chi connectivity index (χ1) is 15.1. The van der Waals surface area contributed by atoms with Crippen LogP contribution in [-0.4, -0.2) is 29.7 Å². The van der Waals surface area contributed by atoms with Gasteiger partial charge in [-0.3, -0.25) is 4.79 Å². The number of nitriles is 1. The molecule has 2 aromatic heterocycles. The number of rotatable bonds is 9. The van der Waals surface area contributed by atoms with Gasteiger partial charge in [-0.1, -0.05) is 13.3 Å². The van der Waals surface area contributed by atoms with Gasteiger partial charge < -0.3 is 10.1 Å². The molecular formula is C23H27N3O3S2. The van der Waals surface area contributed by atoms with Crippen molar-refractivity contribution in [3.8, 4) is 6.07 Å². The largest absolute Gasteiger partial charge is 0.465 e. The molecule has 0 spiro atoms. The number of fused-ring (bicyclic) bond motifs is 1. The summed E-state index contributed by atoms with van der Waals surface area (Å²) in [6, 6.07) is 5.88. The van der Waals surface area contributed by atoms with Crippen molar-refractivity contribution in [3.05, 3.63) is 39.4 Å². The van der Waals surface area contributed by atoms with Crippen LogP contribution in [0.1, 0.15) is 71.1 Å². The number of pyridine rings is 1. The number of nitrogens with one attached hydrogen (secondary N) is 1. The van der Waals surface area contributed by atoms with E-state index in [-0.39, 0.29) is 12.3 Å². The number of ether oxygens (including phenoxy) is 1. The molecule has 0 saturated heterocycles. The minimum atomic E-state index is -0.393. The lowest BCUT2D eigenvalue weighted by Gasteiger charge is -2.11. The number of nitrogens with zero attached hydrogens (tertiary/aromatic N) is 2. The predicted molar refractivity (Wildman–Crippen MR) is 124 cm³/mol. The molecule has 1 N–H and O–H groups in total. The van der Waals surface area contributed by atoms with Crippen LogP contribution in [0.5, 0.6) is 0 Å². The van der Waals surface area contributed by atoms with Gasteiger partial charge in [0.15, 0.2) is 0 Å². The lowest BCUT2D eigenvalue weighted by Crippen LogP contribution is -2.15. The van der Waals surface area contributed by atoms with Gasteiger partial charge in [-0.05, 0) is 56.2 Å². The van der Waals surface area contributed by atoms with Gasteiger partial charge in [0.05, 0.1) is 18.2 Å². The fraction of sp³-hybridized carbons (Fsp3) is 0.478. The van der Waals surface area contributed by atoms with Gasteiger partial charge >= 0.3 is 5.97 Å². The number of thioether (sulfide) groups is 1. The second-order valence-electron chi connectivity index (χ2n) is 7.42. The molecule has 1 amide bonds. The van der Waals surface area contributed by atoms with Crippen LogP contribution in [0.15, 0.2) is 17.2 Å². The zero-order valence-corrected chi connectivity index (χ0v) is 19.6. The van der Waals surface area contributed by atoms with E-state index in [9.17, 15) is 14.9 Å². The molecule has 8 heteroatoms.